The quantitative estimate of drug-likeness (QED) is 0.349. The fraction of sp³-hybridized carbons (Fsp3) is 0.889. The Kier molecular flexibility index (Phi) is 16.2. The van der Waals surface area contributed by atoms with Crippen LogP contribution in [0.3, 0.4) is 0 Å². The van der Waals surface area contributed by atoms with Crippen LogP contribution in [0.15, 0.2) is 0 Å². The van der Waals surface area contributed by atoms with Crippen molar-refractivity contribution in [1.82, 2.24) is 5.32 Å². The van der Waals surface area contributed by atoms with Gasteiger partial charge in [0, 0.05) is 0 Å². The Morgan fingerprint density at radius 3 is 2.32 bits per heavy atom. The second-order valence-corrected chi connectivity index (χ2v) is 6.13. The summed E-state index contributed by atoms with van der Waals surface area (Å²) in [6.07, 6.45) is 12.7. The van der Waals surface area contributed by atoms with Gasteiger partial charge >= 0.3 is 138 Å². The average molecular weight is 308 g/mol. The van der Waals surface area contributed by atoms with Crippen molar-refractivity contribution in [3.05, 3.63) is 0 Å². The average Bonchev–Trinajstić information content (AvgIpc) is 2.50. The van der Waals surface area contributed by atoms with Crippen molar-refractivity contribution in [3.63, 3.8) is 0 Å². The molecule has 0 aromatic carbocycles. The second-order valence-electron chi connectivity index (χ2n) is 6.13. The maximum absolute atomic E-state index is 10.7. The van der Waals surface area contributed by atoms with Gasteiger partial charge in [-0.25, -0.2) is 0 Å². The van der Waals surface area contributed by atoms with Gasteiger partial charge in [-0.1, -0.05) is 0 Å². The zero-order valence-corrected chi connectivity index (χ0v) is 14.7. The maximum atomic E-state index is 10.7. The van der Waals surface area contributed by atoms with E-state index < -0.39 is 0 Å². The standard InChI is InChI=1S/C18H35BNO2/c1-3-4-5-6-7-8-9-10-12-18(15-19)16-22-14-11-13-20-17(2)21/h15,18H,3-14,16H2,1-2H3,(H,20,21). The Labute approximate surface area is 138 Å². The molecule has 0 aromatic rings. The fourth-order valence-corrected chi connectivity index (χ4v) is 2.45. The molecular formula is C18H35BNO2. The van der Waals surface area contributed by atoms with Gasteiger partial charge in [0.25, 0.3) is 0 Å². The van der Waals surface area contributed by atoms with E-state index in [4.69, 9.17) is 12.2 Å². The van der Waals surface area contributed by atoms with E-state index in [9.17, 15) is 4.79 Å². The van der Waals surface area contributed by atoms with E-state index in [1.165, 1.54) is 58.3 Å². The first-order chi connectivity index (χ1) is 10.7. The monoisotopic (exact) mass is 308 g/mol. The molecule has 1 N–H and O–H groups in total. The van der Waals surface area contributed by atoms with Gasteiger partial charge in [0.05, 0.1) is 0 Å². The molecule has 0 aliphatic heterocycles. The van der Waals surface area contributed by atoms with Crippen LogP contribution in [-0.2, 0) is 9.53 Å². The van der Waals surface area contributed by atoms with Crippen molar-refractivity contribution in [2.75, 3.05) is 19.8 Å². The van der Waals surface area contributed by atoms with E-state index in [1.54, 1.807) is 5.97 Å². The van der Waals surface area contributed by atoms with E-state index in [-0.39, 0.29) is 5.91 Å². The molecule has 1 atom stereocenters. The summed E-state index contributed by atoms with van der Waals surface area (Å²) in [6.45, 7) is 5.86. The van der Waals surface area contributed by atoms with Crippen LogP contribution in [-0.4, -0.2) is 39.1 Å². The summed E-state index contributed by atoms with van der Waals surface area (Å²) < 4.78 is 5.63. The molecule has 1 unspecified atom stereocenters. The van der Waals surface area contributed by atoms with Gasteiger partial charge in [0.2, 0.25) is 0 Å². The number of rotatable bonds is 16. The van der Waals surface area contributed by atoms with Gasteiger partial charge in [-0.2, -0.15) is 0 Å². The molecule has 1 amide bonds. The zero-order valence-electron chi connectivity index (χ0n) is 14.7. The molecule has 0 bridgehead atoms. The third kappa shape index (κ3) is 15.7. The number of hydrogen-bond donors (Lipinski definition) is 1. The van der Waals surface area contributed by atoms with E-state index in [0.717, 1.165) is 12.8 Å². The Balaban J connectivity index is 3.36. The summed E-state index contributed by atoms with van der Waals surface area (Å²) in [5.41, 5.74) is 0. The minimum atomic E-state index is 0.0165. The van der Waals surface area contributed by atoms with Crippen molar-refractivity contribution in [2.24, 2.45) is 5.92 Å². The third-order valence-electron chi connectivity index (χ3n) is 3.87. The third-order valence-corrected chi connectivity index (χ3v) is 3.87. The molecule has 1 radical (unpaired) electrons. The molecule has 22 heavy (non-hydrogen) atoms. The normalized spacial score (nSPS) is 12.0. The number of carbonyl (C=O) groups is 1. The topological polar surface area (TPSA) is 38.3 Å². The van der Waals surface area contributed by atoms with E-state index in [1.807, 2.05) is 0 Å². The van der Waals surface area contributed by atoms with Crippen LogP contribution in [0.25, 0.3) is 0 Å². The van der Waals surface area contributed by atoms with Crippen LogP contribution < -0.4 is 5.32 Å². The number of amides is 1. The van der Waals surface area contributed by atoms with Crippen LogP contribution in [0.4, 0.5) is 0 Å². The van der Waals surface area contributed by atoms with Gasteiger partial charge < -0.3 is 0 Å². The molecular weight excluding hydrogens is 273 g/mol. The van der Waals surface area contributed by atoms with E-state index >= 15 is 0 Å². The molecule has 4 heteroatoms. The predicted octanol–water partition coefficient (Wildman–Crippen LogP) is 3.65. The molecule has 0 spiro atoms. The molecule has 0 aromatic heterocycles. The number of hydrogen-bond acceptors (Lipinski definition) is 2. The minimum absolute atomic E-state index is 0.0165. The molecule has 0 saturated carbocycles. The molecule has 0 fully saturated rings. The summed E-state index contributed by atoms with van der Waals surface area (Å²) in [4.78, 5) is 10.7. The fourth-order valence-electron chi connectivity index (χ4n) is 2.45. The van der Waals surface area contributed by atoms with Gasteiger partial charge in [-0.15, -0.1) is 0 Å². The summed E-state index contributed by atoms with van der Waals surface area (Å²) in [6, 6.07) is 0. The van der Waals surface area contributed by atoms with E-state index in [0.29, 0.717) is 25.7 Å². The Morgan fingerprint density at radius 1 is 1.09 bits per heavy atom. The molecule has 0 saturated heterocycles. The molecule has 3 nitrogen and oxygen atoms in total. The van der Waals surface area contributed by atoms with Gasteiger partial charge in [0.15, 0.2) is 0 Å². The SMILES string of the molecule is [B]=CC(CCCCCCCCCC)COCCCNC(C)=O. The number of carbonyl (C=O) groups excluding carboxylic acids is 1. The molecule has 0 aliphatic carbocycles. The first-order valence-corrected chi connectivity index (χ1v) is 9.08. The van der Waals surface area contributed by atoms with Crippen molar-refractivity contribution in [2.45, 2.75) is 78.1 Å². The summed E-state index contributed by atoms with van der Waals surface area (Å²) >= 11 is 0. The molecule has 0 rings (SSSR count). The zero-order chi connectivity index (χ0) is 16.5. The summed E-state index contributed by atoms with van der Waals surface area (Å²) in [5.74, 6) is 2.15. The second kappa shape index (κ2) is 16.7. The van der Waals surface area contributed by atoms with Gasteiger partial charge in [0.1, 0.15) is 0 Å². The van der Waals surface area contributed by atoms with Crippen molar-refractivity contribution < 1.29 is 9.53 Å². The Bertz CT molecular complexity index is 272. The Hall–Kier alpha value is -0.635. The van der Waals surface area contributed by atoms with Crippen LogP contribution in [0, 0.1) is 5.92 Å². The summed E-state index contributed by atoms with van der Waals surface area (Å²) in [5, 5.41) is 2.76. The first-order valence-electron chi connectivity index (χ1n) is 9.08. The van der Waals surface area contributed by atoms with Crippen LogP contribution in [0.1, 0.15) is 78.1 Å². The number of ether oxygens (including phenoxy) is 1. The number of unbranched alkanes of at least 4 members (excludes halogenated alkanes) is 7. The Morgan fingerprint density at radius 2 is 1.73 bits per heavy atom. The first kappa shape index (κ1) is 21.4. The van der Waals surface area contributed by atoms with Gasteiger partial charge in [-0.3, -0.25) is 0 Å². The predicted molar refractivity (Wildman–Crippen MR) is 96.7 cm³/mol. The van der Waals surface area contributed by atoms with Crippen molar-refractivity contribution >= 4 is 19.4 Å². The van der Waals surface area contributed by atoms with Crippen LogP contribution >= 0.6 is 0 Å². The van der Waals surface area contributed by atoms with Crippen molar-refractivity contribution in [3.8, 4) is 0 Å². The van der Waals surface area contributed by atoms with E-state index in [2.05, 4.69) is 12.2 Å². The van der Waals surface area contributed by atoms with Crippen molar-refractivity contribution in [1.29, 1.82) is 0 Å². The number of nitrogens with one attached hydrogen (secondary N) is 1. The molecule has 0 aliphatic rings. The molecule has 0 heterocycles. The summed E-state index contributed by atoms with van der Waals surface area (Å²) in [7, 11) is 5.69. The molecule has 127 valence electrons. The van der Waals surface area contributed by atoms with Gasteiger partial charge in [-0.05, 0) is 0 Å². The van der Waals surface area contributed by atoms with Crippen LogP contribution in [0.5, 0.6) is 0 Å². The van der Waals surface area contributed by atoms with Crippen LogP contribution in [0.2, 0.25) is 0 Å².